The maximum absolute atomic E-state index is 6.16. The summed E-state index contributed by atoms with van der Waals surface area (Å²) in [6.07, 6.45) is 0. The highest BCUT2D eigenvalue weighted by atomic mass is 16.5. The highest BCUT2D eigenvalue weighted by Crippen LogP contribution is 2.49. The van der Waals surface area contributed by atoms with Gasteiger partial charge in [0.25, 0.3) is 0 Å². The van der Waals surface area contributed by atoms with Crippen molar-refractivity contribution in [2.24, 2.45) is 0 Å². The zero-order valence-electron chi connectivity index (χ0n) is 21.5. The van der Waals surface area contributed by atoms with Crippen molar-refractivity contribution in [1.29, 1.82) is 0 Å². The molecule has 0 N–H and O–H groups in total. The standard InChI is InChI=1S/C34H28O3/c1-21-32(27-17-19-30(35-2)24-13-7-5-11-22(24)27)26-15-9-10-16-29(26)34(37-4)33(21)28-18-20-31(36-3)25-14-8-6-12-23(25)28/h5-20H,1-4H3. The number of rotatable bonds is 5. The Morgan fingerprint density at radius 3 is 1.32 bits per heavy atom. The van der Waals surface area contributed by atoms with Crippen LogP contribution in [0.4, 0.5) is 0 Å². The van der Waals surface area contributed by atoms with Gasteiger partial charge in [0, 0.05) is 21.7 Å². The Balaban J connectivity index is 1.79. The molecule has 3 heteroatoms. The first-order valence-corrected chi connectivity index (χ1v) is 12.4. The van der Waals surface area contributed by atoms with E-state index >= 15 is 0 Å². The predicted octanol–water partition coefficient (Wildman–Crippen LogP) is 8.81. The molecule has 0 aliphatic heterocycles. The van der Waals surface area contributed by atoms with Crippen LogP contribution < -0.4 is 14.2 Å². The summed E-state index contributed by atoms with van der Waals surface area (Å²) in [4.78, 5) is 0. The molecule has 0 fully saturated rings. The molecule has 37 heavy (non-hydrogen) atoms. The second-order valence-corrected chi connectivity index (χ2v) is 9.18. The Morgan fingerprint density at radius 1 is 0.405 bits per heavy atom. The van der Waals surface area contributed by atoms with Gasteiger partial charge in [0.05, 0.1) is 21.3 Å². The van der Waals surface area contributed by atoms with Crippen molar-refractivity contribution < 1.29 is 14.2 Å². The van der Waals surface area contributed by atoms with E-state index in [1.165, 1.54) is 16.7 Å². The predicted molar refractivity (Wildman–Crippen MR) is 154 cm³/mol. The van der Waals surface area contributed by atoms with Gasteiger partial charge in [-0.15, -0.1) is 0 Å². The van der Waals surface area contributed by atoms with Crippen LogP contribution in [0.2, 0.25) is 0 Å². The lowest BCUT2D eigenvalue weighted by Crippen LogP contribution is -1.99. The lowest BCUT2D eigenvalue weighted by Gasteiger charge is -2.22. The second-order valence-electron chi connectivity index (χ2n) is 9.18. The van der Waals surface area contributed by atoms with Crippen molar-refractivity contribution in [3.05, 3.63) is 103 Å². The Bertz CT molecular complexity index is 1800. The number of hydrogen-bond acceptors (Lipinski definition) is 3. The molecule has 0 heterocycles. The summed E-state index contributed by atoms with van der Waals surface area (Å²) in [5.41, 5.74) is 5.75. The Morgan fingerprint density at radius 2 is 0.838 bits per heavy atom. The Kier molecular flexibility index (Phi) is 5.69. The lowest BCUT2D eigenvalue weighted by molar-refractivity contribution is 0.419. The third-order valence-electron chi connectivity index (χ3n) is 7.37. The molecule has 6 rings (SSSR count). The van der Waals surface area contributed by atoms with Crippen LogP contribution in [-0.4, -0.2) is 21.3 Å². The topological polar surface area (TPSA) is 27.7 Å². The molecule has 0 aliphatic rings. The van der Waals surface area contributed by atoms with E-state index in [1.54, 1.807) is 21.3 Å². The van der Waals surface area contributed by atoms with Gasteiger partial charge in [-0.1, -0.05) is 78.9 Å². The van der Waals surface area contributed by atoms with Gasteiger partial charge in [0.15, 0.2) is 0 Å². The van der Waals surface area contributed by atoms with E-state index in [1.807, 2.05) is 12.1 Å². The number of hydrogen-bond donors (Lipinski definition) is 0. The average molecular weight is 485 g/mol. The van der Waals surface area contributed by atoms with Crippen molar-refractivity contribution in [3.8, 4) is 39.5 Å². The van der Waals surface area contributed by atoms with Crippen LogP contribution in [0.25, 0.3) is 54.6 Å². The molecule has 0 unspecified atom stereocenters. The highest BCUT2D eigenvalue weighted by Gasteiger charge is 2.23. The van der Waals surface area contributed by atoms with Gasteiger partial charge < -0.3 is 14.2 Å². The zero-order valence-corrected chi connectivity index (χ0v) is 21.5. The summed E-state index contributed by atoms with van der Waals surface area (Å²) >= 11 is 0. The van der Waals surface area contributed by atoms with Gasteiger partial charge in [-0.25, -0.2) is 0 Å². The number of fused-ring (bicyclic) bond motifs is 3. The normalized spacial score (nSPS) is 11.2. The van der Waals surface area contributed by atoms with Gasteiger partial charge in [-0.2, -0.15) is 0 Å². The number of methoxy groups -OCH3 is 3. The van der Waals surface area contributed by atoms with Gasteiger partial charge in [0.2, 0.25) is 0 Å². The maximum atomic E-state index is 6.16. The SMILES string of the molecule is COc1ccc(-c2c(C)c(-c3ccc(OC)c4ccccc34)c3ccccc3c2OC)c2ccccc12. The van der Waals surface area contributed by atoms with E-state index in [0.29, 0.717) is 0 Å². The fraction of sp³-hybridized carbons (Fsp3) is 0.118. The summed E-state index contributed by atoms with van der Waals surface area (Å²) in [5, 5.41) is 6.70. The first kappa shape index (κ1) is 22.9. The summed E-state index contributed by atoms with van der Waals surface area (Å²) in [5.74, 6) is 2.61. The summed E-state index contributed by atoms with van der Waals surface area (Å²) < 4.78 is 17.6. The molecule has 0 aliphatic carbocycles. The molecule has 0 spiro atoms. The summed E-state index contributed by atoms with van der Waals surface area (Å²) in [7, 11) is 5.21. The molecule has 6 aromatic carbocycles. The highest BCUT2D eigenvalue weighted by molar-refractivity contribution is 6.14. The molecular weight excluding hydrogens is 456 g/mol. The molecule has 0 radical (unpaired) electrons. The molecule has 0 amide bonds. The fourth-order valence-electron chi connectivity index (χ4n) is 5.75. The van der Waals surface area contributed by atoms with Crippen LogP contribution >= 0.6 is 0 Å². The summed E-state index contributed by atoms with van der Waals surface area (Å²) in [6, 6.07) is 33.8. The van der Waals surface area contributed by atoms with E-state index in [4.69, 9.17) is 14.2 Å². The van der Waals surface area contributed by atoms with Crippen LogP contribution in [0, 0.1) is 6.92 Å². The second kappa shape index (κ2) is 9.18. The van der Waals surface area contributed by atoms with Crippen molar-refractivity contribution in [2.75, 3.05) is 21.3 Å². The third-order valence-corrected chi connectivity index (χ3v) is 7.37. The molecule has 0 atom stereocenters. The van der Waals surface area contributed by atoms with E-state index in [9.17, 15) is 0 Å². The van der Waals surface area contributed by atoms with Crippen molar-refractivity contribution in [3.63, 3.8) is 0 Å². The molecule has 0 aromatic heterocycles. The van der Waals surface area contributed by atoms with Crippen LogP contribution in [0.5, 0.6) is 17.2 Å². The van der Waals surface area contributed by atoms with E-state index in [0.717, 1.165) is 60.7 Å². The Hall–Kier alpha value is -4.50. The van der Waals surface area contributed by atoms with Crippen LogP contribution in [-0.2, 0) is 0 Å². The molecule has 6 aromatic rings. The third kappa shape index (κ3) is 3.50. The van der Waals surface area contributed by atoms with Gasteiger partial charge in [-0.3, -0.25) is 0 Å². The smallest absolute Gasteiger partial charge is 0.134 e. The van der Waals surface area contributed by atoms with Crippen LogP contribution in [0.15, 0.2) is 97.1 Å². The molecule has 3 nitrogen and oxygen atoms in total. The van der Waals surface area contributed by atoms with Crippen molar-refractivity contribution >= 4 is 32.3 Å². The van der Waals surface area contributed by atoms with Gasteiger partial charge in [-0.05, 0) is 63.5 Å². The molecule has 0 saturated heterocycles. The van der Waals surface area contributed by atoms with E-state index in [-0.39, 0.29) is 0 Å². The zero-order chi connectivity index (χ0) is 25.5. The van der Waals surface area contributed by atoms with E-state index < -0.39 is 0 Å². The minimum atomic E-state index is 0.859. The monoisotopic (exact) mass is 484 g/mol. The molecule has 182 valence electrons. The number of ether oxygens (including phenoxy) is 3. The minimum absolute atomic E-state index is 0.859. The van der Waals surface area contributed by atoms with Crippen molar-refractivity contribution in [1.82, 2.24) is 0 Å². The minimum Gasteiger partial charge on any atom is -0.496 e. The first-order valence-electron chi connectivity index (χ1n) is 12.4. The van der Waals surface area contributed by atoms with Crippen LogP contribution in [0.3, 0.4) is 0 Å². The fourth-order valence-corrected chi connectivity index (χ4v) is 5.75. The largest absolute Gasteiger partial charge is 0.496 e. The molecule has 0 saturated carbocycles. The number of benzene rings is 6. The van der Waals surface area contributed by atoms with Crippen molar-refractivity contribution in [2.45, 2.75) is 6.92 Å². The molecular formula is C34H28O3. The van der Waals surface area contributed by atoms with E-state index in [2.05, 4.69) is 91.9 Å². The maximum Gasteiger partial charge on any atom is 0.134 e. The summed E-state index contributed by atoms with van der Waals surface area (Å²) in [6.45, 7) is 2.21. The average Bonchev–Trinajstić information content (AvgIpc) is 2.96. The molecule has 0 bridgehead atoms. The lowest BCUT2D eigenvalue weighted by atomic mass is 9.84. The van der Waals surface area contributed by atoms with Gasteiger partial charge >= 0.3 is 0 Å². The van der Waals surface area contributed by atoms with Gasteiger partial charge in [0.1, 0.15) is 17.2 Å². The quantitative estimate of drug-likeness (QED) is 0.245. The van der Waals surface area contributed by atoms with Crippen LogP contribution in [0.1, 0.15) is 5.56 Å². The Labute approximate surface area is 216 Å². The first-order chi connectivity index (χ1) is 18.2.